The van der Waals surface area contributed by atoms with E-state index in [0.29, 0.717) is 5.95 Å². The molecule has 2 N–H and O–H groups in total. The molecule has 3 rings (SSSR count). The van der Waals surface area contributed by atoms with Crippen molar-refractivity contribution in [2.75, 3.05) is 23.7 Å². The van der Waals surface area contributed by atoms with E-state index in [-0.39, 0.29) is 0 Å². The molecule has 2 aromatic rings. The van der Waals surface area contributed by atoms with Gasteiger partial charge >= 0.3 is 0 Å². The summed E-state index contributed by atoms with van der Waals surface area (Å²) >= 11 is 0. The van der Waals surface area contributed by atoms with E-state index in [1.165, 1.54) is 24.1 Å². The summed E-state index contributed by atoms with van der Waals surface area (Å²) < 4.78 is 1.77. The van der Waals surface area contributed by atoms with Gasteiger partial charge in [0.05, 0.1) is 11.9 Å². The van der Waals surface area contributed by atoms with Crippen LogP contribution in [0.4, 0.5) is 11.6 Å². The van der Waals surface area contributed by atoms with Gasteiger partial charge in [-0.1, -0.05) is 6.92 Å². The van der Waals surface area contributed by atoms with Crippen molar-refractivity contribution in [1.29, 1.82) is 0 Å². The van der Waals surface area contributed by atoms with Crippen molar-refractivity contribution >= 4 is 17.3 Å². The van der Waals surface area contributed by atoms with Crippen LogP contribution in [0.3, 0.4) is 0 Å². The van der Waals surface area contributed by atoms with Gasteiger partial charge < -0.3 is 10.6 Å². The molecule has 0 saturated carbocycles. The quantitative estimate of drug-likeness (QED) is 0.833. The number of hydrogen-bond acceptors (Lipinski definition) is 4. The molecule has 5 heteroatoms. The second-order valence-corrected chi connectivity index (χ2v) is 5.28. The predicted molar refractivity (Wildman–Crippen MR) is 72.7 cm³/mol. The highest BCUT2D eigenvalue weighted by molar-refractivity contribution is 5.58. The second-order valence-electron chi connectivity index (χ2n) is 5.28. The van der Waals surface area contributed by atoms with Crippen molar-refractivity contribution in [3.05, 3.63) is 17.8 Å². The van der Waals surface area contributed by atoms with Crippen LogP contribution in [-0.4, -0.2) is 27.7 Å². The number of aryl methyl sites for hydroxylation is 1. The van der Waals surface area contributed by atoms with Gasteiger partial charge in [0.1, 0.15) is 0 Å². The minimum absolute atomic E-state index is 0.332. The third-order valence-corrected chi connectivity index (χ3v) is 3.79. The maximum absolute atomic E-state index is 5.63. The number of fused-ring (bicyclic) bond motifs is 1. The standard InChI is InChI=1S/C13H19N5/c1-9-3-5-17(6-4-9)11-8-18-12(7-10(11)2)15-13(14)16-18/h7-9H,3-6H2,1-2H3,(H2,14,16). The van der Waals surface area contributed by atoms with Gasteiger partial charge in [0.15, 0.2) is 5.65 Å². The smallest absolute Gasteiger partial charge is 0.240 e. The van der Waals surface area contributed by atoms with E-state index in [0.717, 1.165) is 24.7 Å². The molecule has 0 spiro atoms. The van der Waals surface area contributed by atoms with Gasteiger partial charge in [-0.3, -0.25) is 0 Å². The van der Waals surface area contributed by atoms with Crippen molar-refractivity contribution in [2.24, 2.45) is 5.92 Å². The van der Waals surface area contributed by atoms with Gasteiger partial charge in [-0.25, -0.2) is 4.52 Å². The molecule has 1 fully saturated rings. The molecular weight excluding hydrogens is 226 g/mol. The van der Waals surface area contributed by atoms with E-state index in [1.807, 2.05) is 6.20 Å². The first-order valence-corrected chi connectivity index (χ1v) is 6.51. The van der Waals surface area contributed by atoms with Crippen LogP contribution in [-0.2, 0) is 0 Å². The first-order valence-electron chi connectivity index (χ1n) is 6.51. The van der Waals surface area contributed by atoms with E-state index in [2.05, 4.69) is 34.9 Å². The molecule has 0 amide bonds. The molecule has 2 aromatic heterocycles. The number of nitrogens with zero attached hydrogens (tertiary/aromatic N) is 4. The van der Waals surface area contributed by atoms with Crippen LogP contribution >= 0.6 is 0 Å². The van der Waals surface area contributed by atoms with E-state index < -0.39 is 0 Å². The summed E-state index contributed by atoms with van der Waals surface area (Å²) in [7, 11) is 0. The van der Waals surface area contributed by atoms with Gasteiger partial charge in [-0.2, -0.15) is 4.98 Å². The lowest BCUT2D eigenvalue weighted by molar-refractivity contribution is 0.438. The largest absolute Gasteiger partial charge is 0.370 e. The average molecular weight is 245 g/mol. The number of anilines is 2. The fourth-order valence-corrected chi connectivity index (χ4v) is 2.61. The molecule has 18 heavy (non-hydrogen) atoms. The van der Waals surface area contributed by atoms with Crippen LogP contribution in [0, 0.1) is 12.8 Å². The van der Waals surface area contributed by atoms with Crippen LogP contribution in [0.1, 0.15) is 25.3 Å². The third-order valence-electron chi connectivity index (χ3n) is 3.79. The zero-order valence-corrected chi connectivity index (χ0v) is 10.9. The van der Waals surface area contributed by atoms with E-state index in [4.69, 9.17) is 5.73 Å². The summed E-state index contributed by atoms with van der Waals surface area (Å²) in [5.41, 5.74) is 8.94. The molecule has 0 radical (unpaired) electrons. The monoisotopic (exact) mass is 245 g/mol. The number of nitrogen functional groups attached to an aromatic ring is 1. The lowest BCUT2D eigenvalue weighted by atomic mass is 9.98. The minimum atomic E-state index is 0.332. The molecule has 0 aromatic carbocycles. The number of aromatic nitrogens is 3. The van der Waals surface area contributed by atoms with Crippen LogP contribution in [0.2, 0.25) is 0 Å². The molecule has 0 atom stereocenters. The Kier molecular flexibility index (Phi) is 2.61. The zero-order valence-electron chi connectivity index (χ0n) is 10.9. The maximum Gasteiger partial charge on any atom is 0.240 e. The van der Waals surface area contributed by atoms with E-state index in [9.17, 15) is 0 Å². The summed E-state index contributed by atoms with van der Waals surface area (Å²) in [5.74, 6) is 1.17. The van der Waals surface area contributed by atoms with Crippen molar-refractivity contribution in [3.8, 4) is 0 Å². The Morgan fingerprint density at radius 3 is 2.78 bits per heavy atom. The minimum Gasteiger partial charge on any atom is -0.370 e. The van der Waals surface area contributed by atoms with Crippen LogP contribution in [0.25, 0.3) is 5.65 Å². The van der Waals surface area contributed by atoms with Crippen LogP contribution in [0.5, 0.6) is 0 Å². The van der Waals surface area contributed by atoms with Crippen LogP contribution < -0.4 is 10.6 Å². The Morgan fingerprint density at radius 2 is 2.06 bits per heavy atom. The summed E-state index contributed by atoms with van der Waals surface area (Å²) in [5, 5.41) is 4.18. The highest BCUT2D eigenvalue weighted by Gasteiger charge is 2.18. The van der Waals surface area contributed by atoms with Crippen molar-refractivity contribution in [3.63, 3.8) is 0 Å². The first kappa shape index (κ1) is 11.3. The van der Waals surface area contributed by atoms with Crippen molar-refractivity contribution in [2.45, 2.75) is 26.7 Å². The summed E-state index contributed by atoms with van der Waals surface area (Å²) in [6.07, 6.45) is 4.57. The molecule has 0 unspecified atom stereocenters. The molecule has 1 aliphatic heterocycles. The lowest BCUT2D eigenvalue weighted by Gasteiger charge is -2.33. The predicted octanol–water partition coefficient (Wildman–Crippen LogP) is 1.86. The lowest BCUT2D eigenvalue weighted by Crippen LogP contribution is -2.33. The summed E-state index contributed by atoms with van der Waals surface area (Å²) in [4.78, 5) is 6.62. The molecule has 5 nitrogen and oxygen atoms in total. The number of piperidine rings is 1. The number of hydrogen-bond donors (Lipinski definition) is 1. The van der Waals surface area contributed by atoms with E-state index >= 15 is 0 Å². The second kappa shape index (κ2) is 4.15. The Labute approximate surface area is 107 Å². The SMILES string of the molecule is Cc1cc2nc(N)nn2cc1N1CCC(C)CC1. The van der Waals surface area contributed by atoms with Crippen molar-refractivity contribution in [1.82, 2.24) is 14.6 Å². The summed E-state index contributed by atoms with van der Waals surface area (Å²) in [6, 6.07) is 2.05. The number of pyridine rings is 1. The Morgan fingerprint density at radius 1 is 1.33 bits per heavy atom. The highest BCUT2D eigenvalue weighted by Crippen LogP contribution is 2.26. The number of nitrogens with two attached hydrogens (primary N) is 1. The Balaban J connectivity index is 1.98. The Hall–Kier alpha value is -1.78. The molecule has 1 aliphatic rings. The van der Waals surface area contributed by atoms with Gasteiger partial charge in [-0.15, -0.1) is 5.10 Å². The average Bonchev–Trinajstić information content (AvgIpc) is 2.68. The number of rotatable bonds is 1. The Bertz CT molecular complexity index is 566. The molecule has 96 valence electrons. The third kappa shape index (κ3) is 1.89. The molecule has 3 heterocycles. The van der Waals surface area contributed by atoms with Crippen molar-refractivity contribution < 1.29 is 0 Å². The fraction of sp³-hybridized carbons (Fsp3) is 0.538. The van der Waals surface area contributed by atoms with E-state index in [1.54, 1.807) is 4.52 Å². The van der Waals surface area contributed by atoms with Gasteiger partial charge in [-0.05, 0) is 37.3 Å². The normalized spacial score (nSPS) is 17.6. The van der Waals surface area contributed by atoms with Gasteiger partial charge in [0.2, 0.25) is 5.95 Å². The molecule has 1 saturated heterocycles. The molecular formula is C13H19N5. The zero-order chi connectivity index (χ0) is 12.7. The first-order chi connectivity index (χ1) is 8.63. The molecule has 0 bridgehead atoms. The molecule has 0 aliphatic carbocycles. The fourth-order valence-electron chi connectivity index (χ4n) is 2.61. The highest BCUT2D eigenvalue weighted by atomic mass is 15.3. The maximum atomic E-state index is 5.63. The van der Waals surface area contributed by atoms with Gasteiger partial charge in [0, 0.05) is 13.1 Å². The van der Waals surface area contributed by atoms with Gasteiger partial charge in [0.25, 0.3) is 0 Å². The van der Waals surface area contributed by atoms with Crippen LogP contribution in [0.15, 0.2) is 12.3 Å². The topological polar surface area (TPSA) is 59.4 Å². The summed E-state index contributed by atoms with van der Waals surface area (Å²) in [6.45, 7) is 6.69.